The topological polar surface area (TPSA) is 65.8 Å². The van der Waals surface area contributed by atoms with Gasteiger partial charge in [0.05, 0.1) is 29.1 Å². The van der Waals surface area contributed by atoms with Crippen molar-refractivity contribution >= 4 is 23.2 Å². The van der Waals surface area contributed by atoms with Crippen molar-refractivity contribution in [3.05, 3.63) is 48.4 Å². The number of rotatable bonds is 4. The van der Waals surface area contributed by atoms with E-state index in [0.29, 0.717) is 18.7 Å². The standard InChI is InChI=1S/C21H25N3O3/c25-20(22-18-7-1-2-8-19(18)23-10-3-4-11-23)16-6-5-12-24(14-16)21(26)17-9-13-27-15-17/h1-2,7-9,13,15-16H,3-6,10-12,14H2,(H,22,25). The smallest absolute Gasteiger partial charge is 0.257 e. The van der Waals surface area contributed by atoms with Crippen LogP contribution < -0.4 is 10.2 Å². The Hall–Kier alpha value is -2.76. The minimum atomic E-state index is -0.193. The molecule has 1 atom stereocenters. The van der Waals surface area contributed by atoms with Crippen molar-refractivity contribution in [2.24, 2.45) is 5.92 Å². The number of nitrogens with one attached hydrogen (secondary N) is 1. The van der Waals surface area contributed by atoms with Crippen molar-refractivity contribution in [3.63, 3.8) is 0 Å². The first-order chi connectivity index (χ1) is 13.2. The molecule has 3 heterocycles. The van der Waals surface area contributed by atoms with E-state index < -0.39 is 0 Å². The van der Waals surface area contributed by atoms with Gasteiger partial charge in [-0.25, -0.2) is 0 Å². The van der Waals surface area contributed by atoms with Crippen LogP contribution >= 0.6 is 0 Å². The highest BCUT2D eigenvalue weighted by atomic mass is 16.3. The van der Waals surface area contributed by atoms with Crippen LogP contribution in [0.5, 0.6) is 0 Å². The average Bonchev–Trinajstić information content (AvgIpc) is 3.42. The average molecular weight is 367 g/mol. The van der Waals surface area contributed by atoms with E-state index in [1.54, 1.807) is 11.0 Å². The molecule has 27 heavy (non-hydrogen) atoms. The first kappa shape index (κ1) is 17.6. The molecule has 2 saturated heterocycles. The minimum absolute atomic E-state index is 0.00802. The van der Waals surface area contributed by atoms with E-state index in [2.05, 4.69) is 16.3 Å². The Labute approximate surface area is 159 Å². The molecule has 1 unspecified atom stereocenters. The molecule has 1 N–H and O–H groups in total. The van der Waals surface area contributed by atoms with Crippen LogP contribution in [-0.4, -0.2) is 42.9 Å². The predicted octanol–water partition coefficient (Wildman–Crippen LogP) is 3.37. The molecular weight excluding hydrogens is 342 g/mol. The molecule has 2 amide bonds. The molecule has 142 valence electrons. The molecule has 6 nitrogen and oxygen atoms in total. The molecule has 2 aromatic rings. The molecule has 0 aliphatic carbocycles. The molecule has 0 saturated carbocycles. The molecular formula is C21H25N3O3. The third-order valence-electron chi connectivity index (χ3n) is 5.46. The van der Waals surface area contributed by atoms with Crippen molar-refractivity contribution < 1.29 is 14.0 Å². The van der Waals surface area contributed by atoms with Gasteiger partial charge in [0.15, 0.2) is 0 Å². The van der Waals surface area contributed by atoms with Gasteiger partial charge in [-0.1, -0.05) is 12.1 Å². The van der Waals surface area contributed by atoms with Crippen LogP contribution in [0.25, 0.3) is 0 Å². The van der Waals surface area contributed by atoms with E-state index in [9.17, 15) is 9.59 Å². The molecule has 2 aliphatic rings. The van der Waals surface area contributed by atoms with E-state index in [4.69, 9.17) is 4.42 Å². The van der Waals surface area contributed by atoms with E-state index in [1.165, 1.54) is 25.4 Å². The van der Waals surface area contributed by atoms with Gasteiger partial charge in [0.1, 0.15) is 6.26 Å². The first-order valence-electron chi connectivity index (χ1n) is 9.68. The fourth-order valence-corrected chi connectivity index (χ4v) is 3.99. The monoisotopic (exact) mass is 367 g/mol. The van der Waals surface area contributed by atoms with Crippen LogP contribution in [0.1, 0.15) is 36.0 Å². The summed E-state index contributed by atoms with van der Waals surface area (Å²) in [6.07, 6.45) is 6.96. The Bertz CT molecular complexity index is 797. The quantitative estimate of drug-likeness (QED) is 0.900. The van der Waals surface area contributed by atoms with Gasteiger partial charge < -0.3 is 19.5 Å². The first-order valence-corrected chi connectivity index (χ1v) is 9.68. The molecule has 2 fully saturated rings. The Kier molecular flexibility index (Phi) is 5.14. The fourth-order valence-electron chi connectivity index (χ4n) is 3.99. The van der Waals surface area contributed by atoms with Crippen LogP contribution in [0.2, 0.25) is 0 Å². The summed E-state index contributed by atoms with van der Waals surface area (Å²) < 4.78 is 5.01. The largest absolute Gasteiger partial charge is 0.472 e. The second-order valence-electron chi connectivity index (χ2n) is 7.30. The number of carbonyl (C=O) groups is 2. The fraction of sp³-hybridized carbons (Fsp3) is 0.429. The summed E-state index contributed by atoms with van der Waals surface area (Å²) in [5.41, 5.74) is 2.49. The number of furan rings is 1. The summed E-state index contributed by atoms with van der Waals surface area (Å²) in [6, 6.07) is 9.65. The molecule has 0 spiro atoms. The van der Waals surface area contributed by atoms with Crippen LogP contribution in [0, 0.1) is 5.92 Å². The van der Waals surface area contributed by atoms with Gasteiger partial charge in [-0.15, -0.1) is 0 Å². The summed E-state index contributed by atoms with van der Waals surface area (Å²) in [5.74, 6) is -0.272. The molecule has 0 radical (unpaired) electrons. The van der Waals surface area contributed by atoms with E-state index in [-0.39, 0.29) is 17.7 Å². The van der Waals surface area contributed by atoms with Crippen molar-refractivity contribution in [3.8, 4) is 0 Å². The second-order valence-corrected chi connectivity index (χ2v) is 7.30. The maximum Gasteiger partial charge on any atom is 0.257 e. The maximum atomic E-state index is 12.9. The predicted molar refractivity (Wildman–Crippen MR) is 104 cm³/mol. The third kappa shape index (κ3) is 3.84. The number of hydrogen-bond donors (Lipinski definition) is 1. The number of anilines is 2. The van der Waals surface area contributed by atoms with Gasteiger partial charge in [-0.05, 0) is 43.9 Å². The van der Waals surface area contributed by atoms with Crippen molar-refractivity contribution in [2.45, 2.75) is 25.7 Å². The summed E-state index contributed by atoms with van der Waals surface area (Å²) in [4.78, 5) is 29.5. The number of likely N-dealkylation sites (tertiary alicyclic amines) is 1. The van der Waals surface area contributed by atoms with Crippen molar-refractivity contribution in [1.82, 2.24) is 4.90 Å². The molecule has 1 aromatic heterocycles. The van der Waals surface area contributed by atoms with Gasteiger partial charge >= 0.3 is 0 Å². The zero-order valence-corrected chi connectivity index (χ0v) is 15.4. The summed E-state index contributed by atoms with van der Waals surface area (Å²) in [6.45, 7) is 3.19. The number of hydrogen-bond acceptors (Lipinski definition) is 4. The zero-order valence-electron chi connectivity index (χ0n) is 15.4. The van der Waals surface area contributed by atoms with Gasteiger partial charge in [0, 0.05) is 26.2 Å². The second kappa shape index (κ2) is 7.86. The van der Waals surface area contributed by atoms with Crippen molar-refractivity contribution in [2.75, 3.05) is 36.4 Å². The lowest BCUT2D eigenvalue weighted by Crippen LogP contribution is -2.43. The van der Waals surface area contributed by atoms with Gasteiger partial charge in [-0.3, -0.25) is 9.59 Å². The SMILES string of the molecule is O=C(Nc1ccccc1N1CCCC1)C1CCCN(C(=O)c2ccoc2)C1. The van der Waals surface area contributed by atoms with Crippen LogP contribution in [0.3, 0.4) is 0 Å². The van der Waals surface area contributed by atoms with Gasteiger partial charge in [0.25, 0.3) is 5.91 Å². The van der Waals surface area contributed by atoms with Crippen LogP contribution in [0.15, 0.2) is 47.3 Å². The lowest BCUT2D eigenvalue weighted by Gasteiger charge is -2.32. The number of amides is 2. The van der Waals surface area contributed by atoms with E-state index in [1.807, 2.05) is 18.2 Å². The molecule has 6 heteroatoms. The van der Waals surface area contributed by atoms with Gasteiger partial charge in [0.2, 0.25) is 5.91 Å². The minimum Gasteiger partial charge on any atom is -0.472 e. The van der Waals surface area contributed by atoms with Gasteiger partial charge in [-0.2, -0.15) is 0 Å². The maximum absolute atomic E-state index is 12.9. The molecule has 2 aliphatic heterocycles. The number of carbonyl (C=O) groups excluding carboxylic acids is 2. The molecule has 0 bridgehead atoms. The Morgan fingerprint density at radius 3 is 2.63 bits per heavy atom. The highest BCUT2D eigenvalue weighted by molar-refractivity contribution is 5.97. The van der Waals surface area contributed by atoms with Crippen LogP contribution in [0.4, 0.5) is 11.4 Å². The Morgan fingerprint density at radius 2 is 1.85 bits per heavy atom. The lowest BCUT2D eigenvalue weighted by atomic mass is 9.96. The summed E-state index contributed by atoms with van der Waals surface area (Å²) in [5, 5.41) is 3.11. The highest BCUT2D eigenvalue weighted by Crippen LogP contribution is 2.30. The number of nitrogens with zero attached hydrogens (tertiary/aromatic N) is 2. The van der Waals surface area contributed by atoms with Crippen molar-refractivity contribution in [1.29, 1.82) is 0 Å². The molecule has 1 aromatic carbocycles. The van der Waals surface area contributed by atoms with E-state index >= 15 is 0 Å². The van der Waals surface area contributed by atoms with E-state index in [0.717, 1.165) is 37.3 Å². The highest BCUT2D eigenvalue weighted by Gasteiger charge is 2.30. The summed E-state index contributed by atoms with van der Waals surface area (Å²) in [7, 11) is 0. The van der Waals surface area contributed by atoms with Crippen LogP contribution in [-0.2, 0) is 4.79 Å². The Morgan fingerprint density at radius 1 is 1.04 bits per heavy atom. The Balaban J connectivity index is 1.43. The summed E-state index contributed by atoms with van der Waals surface area (Å²) >= 11 is 0. The normalized spacial score (nSPS) is 19.9. The molecule has 4 rings (SSSR count). The number of para-hydroxylation sites is 2. The number of benzene rings is 1. The third-order valence-corrected chi connectivity index (χ3v) is 5.46. The number of piperidine rings is 1. The zero-order chi connectivity index (χ0) is 18.6. The lowest BCUT2D eigenvalue weighted by molar-refractivity contribution is -0.121.